The summed E-state index contributed by atoms with van der Waals surface area (Å²) in [5, 5.41) is 9.82. The molecule has 1 aliphatic heterocycles. The van der Waals surface area contributed by atoms with Gasteiger partial charge in [-0.25, -0.2) is 18.4 Å². The third-order valence-corrected chi connectivity index (χ3v) is 8.25. The van der Waals surface area contributed by atoms with E-state index in [4.69, 9.17) is 4.74 Å². The number of aliphatic hydroxyl groups excluding tert-OH is 1. The van der Waals surface area contributed by atoms with Gasteiger partial charge in [-0.2, -0.15) is 4.31 Å². The Morgan fingerprint density at radius 3 is 2.63 bits per heavy atom. The SMILES string of the molecule is C[C@@H]1CN([C@H](C)CO)S(=O)(=O)c2ccc(-c3cncnc3)cc2O[C@@H]1CN(C)Cc1cccnc1. The summed E-state index contributed by atoms with van der Waals surface area (Å²) in [4.78, 5) is 14.6. The highest BCUT2D eigenvalue weighted by Gasteiger charge is 2.38. The summed E-state index contributed by atoms with van der Waals surface area (Å²) in [5.41, 5.74) is 2.60. The van der Waals surface area contributed by atoms with E-state index in [2.05, 4.69) is 19.9 Å². The second kappa shape index (κ2) is 10.8. The molecule has 0 bridgehead atoms. The van der Waals surface area contributed by atoms with Crippen molar-refractivity contribution in [2.75, 3.05) is 26.7 Å². The van der Waals surface area contributed by atoms with Crippen molar-refractivity contribution < 1.29 is 18.3 Å². The number of likely N-dealkylation sites (N-methyl/N-ethyl adjacent to an activating group) is 1. The Bertz CT molecular complexity index is 1230. The van der Waals surface area contributed by atoms with Gasteiger partial charge in [0.15, 0.2) is 0 Å². The lowest BCUT2D eigenvalue weighted by molar-refractivity contribution is 0.0734. The Morgan fingerprint density at radius 1 is 1.17 bits per heavy atom. The van der Waals surface area contributed by atoms with E-state index in [-0.39, 0.29) is 35.8 Å². The molecule has 0 saturated heterocycles. The molecule has 0 unspecified atom stereocenters. The maximum absolute atomic E-state index is 13.6. The topological polar surface area (TPSA) is 109 Å². The van der Waals surface area contributed by atoms with Gasteiger partial charge in [-0.15, -0.1) is 0 Å². The van der Waals surface area contributed by atoms with E-state index in [1.54, 1.807) is 43.7 Å². The first-order valence-electron chi connectivity index (χ1n) is 11.6. The zero-order valence-corrected chi connectivity index (χ0v) is 21.0. The molecular weight excluding hydrogens is 466 g/mol. The third-order valence-electron chi connectivity index (χ3n) is 6.23. The normalized spacial score (nSPS) is 20.9. The molecule has 4 rings (SSSR count). The van der Waals surface area contributed by atoms with Crippen LogP contribution >= 0.6 is 0 Å². The summed E-state index contributed by atoms with van der Waals surface area (Å²) in [6.07, 6.45) is 8.08. The standard InChI is InChI=1S/C25H31N5O4S/c1-18-13-30(19(2)16-31)35(32,33)25-7-6-21(22-11-27-17-28-12-22)9-23(25)34-24(18)15-29(3)14-20-5-4-8-26-10-20/h4-12,17-19,24,31H,13-16H2,1-3H3/t18-,19-,24-/m1/s1. The van der Waals surface area contributed by atoms with Gasteiger partial charge < -0.3 is 9.84 Å². The van der Waals surface area contributed by atoms with E-state index in [1.807, 2.05) is 32.3 Å². The van der Waals surface area contributed by atoms with Crippen molar-refractivity contribution in [2.45, 2.75) is 37.4 Å². The predicted octanol–water partition coefficient (Wildman–Crippen LogP) is 2.44. The second-order valence-electron chi connectivity index (χ2n) is 9.09. The van der Waals surface area contributed by atoms with Crippen LogP contribution in [0.3, 0.4) is 0 Å². The van der Waals surface area contributed by atoms with Crippen molar-refractivity contribution in [3.8, 4) is 16.9 Å². The molecule has 3 atom stereocenters. The van der Waals surface area contributed by atoms with Crippen LogP contribution in [0, 0.1) is 5.92 Å². The first-order valence-corrected chi connectivity index (χ1v) is 13.0. The number of aromatic nitrogens is 3. The smallest absolute Gasteiger partial charge is 0.247 e. The Balaban J connectivity index is 1.72. The Labute approximate surface area is 206 Å². The molecule has 10 heteroatoms. The van der Waals surface area contributed by atoms with Gasteiger partial charge in [0.1, 0.15) is 23.1 Å². The molecule has 0 spiro atoms. The molecule has 2 aromatic heterocycles. The molecule has 1 aliphatic rings. The van der Waals surface area contributed by atoms with E-state index in [0.717, 1.165) is 16.7 Å². The van der Waals surface area contributed by atoms with E-state index in [0.29, 0.717) is 13.1 Å². The van der Waals surface area contributed by atoms with Gasteiger partial charge in [-0.1, -0.05) is 19.1 Å². The van der Waals surface area contributed by atoms with Gasteiger partial charge in [0, 0.05) is 61.9 Å². The summed E-state index contributed by atoms with van der Waals surface area (Å²) in [7, 11) is -1.89. The molecule has 3 aromatic rings. The van der Waals surface area contributed by atoms with Crippen molar-refractivity contribution in [2.24, 2.45) is 5.92 Å². The molecule has 1 aromatic carbocycles. The highest BCUT2D eigenvalue weighted by molar-refractivity contribution is 7.89. The summed E-state index contributed by atoms with van der Waals surface area (Å²) >= 11 is 0. The van der Waals surface area contributed by atoms with Gasteiger partial charge in [0.05, 0.1) is 6.61 Å². The highest BCUT2D eigenvalue weighted by Crippen LogP contribution is 2.36. The number of fused-ring (bicyclic) bond motifs is 1. The Kier molecular flexibility index (Phi) is 7.75. The fraction of sp³-hybridized carbons (Fsp3) is 0.400. The predicted molar refractivity (Wildman–Crippen MR) is 132 cm³/mol. The van der Waals surface area contributed by atoms with Crippen molar-refractivity contribution in [3.05, 3.63) is 67.0 Å². The van der Waals surface area contributed by atoms with Gasteiger partial charge in [0.2, 0.25) is 10.0 Å². The number of sulfonamides is 1. The average molecular weight is 498 g/mol. The summed E-state index contributed by atoms with van der Waals surface area (Å²) < 4.78 is 35.1. The number of benzene rings is 1. The van der Waals surface area contributed by atoms with Crippen molar-refractivity contribution in [3.63, 3.8) is 0 Å². The lowest BCUT2D eigenvalue weighted by Gasteiger charge is -2.37. The van der Waals surface area contributed by atoms with Crippen LogP contribution in [-0.4, -0.2) is 76.6 Å². The number of pyridine rings is 1. The molecule has 35 heavy (non-hydrogen) atoms. The number of rotatable bonds is 7. The zero-order valence-electron chi connectivity index (χ0n) is 20.2. The Morgan fingerprint density at radius 2 is 1.94 bits per heavy atom. The van der Waals surface area contributed by atoms with Crippen LogP contribution in [0.25, 0.3) is 11.1 Å². The van der Waals surface area contributed by atoms with Crippen LogP contribution in [-0.2, 0) is 16.6 Å². The summed E-state index contributed by atoms with van der Waals surface area (Å²) in [6, 6.07) is 8.39. The van der Waals surface area contributed by atoms with Crippen LogP contribution in [0.4, 0.5) is 0 Å². The highest BCUT2D eigenvalue weighted by atomic mass is 32.2. The molecule has 0 amide bonds. The Hall–Kier alpha value is -2.92. The molecule has 0 saturated carbocycles. The minimum absolute atomic E-state index is 0.0882. The summed E-state index contributed by atoms with van der Waals surface area (Å²) in [6.45, 7) is 4.93. The van der Waals surface area contributed by atoms with Crippen LogP contribution in [0.15, 0.2) is 66.3 Å². The van der Waals surface area contributed by atoms with Gasteiger partial charge >= 0.3 is 0 Å². The molecular formula is C25H31N5O4S. The number of hydrogen-bond donors (Lipinski definition) is 1. The van der Waals surface area contributed by atoms with Crippen LogP contribution in [0.1, 0.15) is 19.4 Å². The molecule has 0 radical (unpaired) electrons. The first-order chi connectivity index (χ1) is 16.8. The van der Waals surface area contributed by atoms with E-state index < -0.39 is 16.1 Å². The fourth-order valence-corrected chi connectivity index (χ4v) is 6.07. The molecule has 3 heterocycles. The van der Waals surface area contributed by atoms with Gasteiger partial charge in [0.25, 0.3) is 0 Å². The first kappa shape index (κ1) is 25.2. The molecule has 9 nitrogen and oxygen atoms in total. The molecule has 186 valence electrons. The van der Waals surface area contributed by atoms with E-state index in [1.165, 1.54) is 10.6 Å². The van der Waals surface area contributed by atoms with Crippen molar-refractivity contribution in [1.29, 1.82) is 0 Å². The maximum atomic E-state index is 13.6. The second-order valence-corrected chi connectivity index (χ2v) is 10.9. The van der Waals surface area contributed by atoms with Crippen molar-refractivity contribution >= 4 is 10.0 Å². The average Bonchev–Trinajstić information content (AvgIpc) is 2.86. The fourth-order valence-electron chi connectivity index (χ4n) is 4.25. The van der Waals surface area contributed by atoms with Crippen molar-refractivity contribution in [1.82, 2.24) is 24.2 Å². The van der Waals surface area contributed by atoms with Crippen LogP contribution in [0.2, 0.25) is 0 Å². The molecule has 1 N–H and O–H groups in total. The lowest BCUT2D eigenvalue weighted by atomic mass is 10.0. The van der Waals surface area contributed by atoms with E-state index in [9.17, 15) is 13.5 Å². The molecule has 0 fully saturated rings. The number of aliphatic hydroxyl groups is 1. The largest absolute Gasteiger partial charge is 0.487 e. The van der Waals surface area contributed by atoms with Crippen LogP contribution in [0.5, 0.6) is 5.75 Å². The minimum atomic E-state index is -3.89. The number of hydrogen-bond acceptors (Lipinski definition) is 8. The zero-order chi connectivity index (χ0) is 25.0. The lowest BCUT2D eigenvalue weighted by Crippen LogP contribution is -2.49. The number of nitrogens with zero attached hydrogens (tertiary/aromatic N) is 5. The van der Waals surface area contributed by atoms with E-state index >= 15 is 0 Å². The monoisotopic (exact) mass is 497 g/mol. The van der Waals surface area contributed by atoms with Gasteiger partial charge in [-0.05, 0) is 43.3 Å². The molecule has 0 aliphatic carbocycles. The maximum Gasteiger partial charge on any atom is 0.247 e. The quantitative estimate of drug-likeness (QED) is 0.530. The minimum Gasteiger partial charge on any atom is -0.487 e. The third kappa shape index (κ3) is 5.67. The summed E-state index contributed by atoms with van der Waals surface area (Å²) in [5.74, 6) is 0.153. The number of ether oxygens (including phenoxy) is 1. The van der Waals surface area contributed by atoms with Gasteiger partial charge in [-0.3, -0.25) is 9.88 Å². The van der Waals surface area contributed by atoms with Crippen LogP contribution < -0.4 is 4.74 Å².